The van der Waals surface area contributed by atoms with Gasteiger partial charge < -0.3 is 15.4 Å². The Morgan fingerprint density at radius 2 is 2.29 bits per heavy atom. The van der Waals surface area contributed by atoms with Gasteiger partial charge in [-0.15, -0.1) is 12.4 Å². The molecule has 6 nitrogen and oxygen atoms in total. The highest BCUT2D eigenvalue weighted by Crippen LogP contribution is 2.20. The molecule has 0 unspecified atom stereocenters. The maximum Gasteiger partial charge on any atom is 0.276 e. The first kappa shape index (κ1) is 18.3. The Hall–Kier alpha value is -2.05. The van der Waals surface area contributed by atoms with Crippen molar-refractivity contribution in [3.63, 3.8) is 0 Å². The van der Waals surface area contributed by atoms with Crippen LogP contribution < -0.4 is 15.4 Å². The third-order valence-electron chi connectivity index (χ3n) is 3.88. The number of fused-ring (bicyclic) bond motifs is 1. The average Bonchev–Trinajstić information content (AvgIpc) is 3.00. The number of benzene rings is 1. The van der Waals surface area contributed by atoms with Gasteiger partial charge in [-0.1, -0.05) is 19.4 Å². The molecule has 1 aromatic heterocycles. The summed E-state index contributed by atoms with van der Waals surface area (Å²) < 4.78 is 5.67. The number of halogens is 1. The van der Waals surface area contributed by atoms with E-state index in [1.807, 2.05) is 24.3 Å². The maximum absolute atomic E-state index is 12.5. The molecule has 1 aliphatic rings. The molecule has 130 valence electrons. The van der Waals surface area contributed by atoms with Gasteiger partial charge in [0.15, 0.2) is 5.69 Å². The number of aromatic nitrogens is 2. The molecule has 3 rings (SSSR count). The molecule has 0 aliphatic carbocycles. The van der Waals surface area contributed by atoms with Crippen LogP contribution in [-0.4, -0.2) is 29.3 Å². The first-order valence-corrected chi connectivity index (χ1v) is 8.09. The first-order chi connectivity index (χ1) is 11.3. The fraction of sp³-hybridized carbons (Fsp3) is 0.412. The molecule has 0 radical (unpaired) electrons. The monoisotopic (exact) mass is 350 g/mol. The van der Waals surface area contributed by atoms with E-state index in [4.69, 9.17) is 4.74 Å². The smallest absolute Gasteiger partial charge is 0.276 e. The maximum atomic E-state index is 12.5. The topological polar surface area (TPSA) is 79.0 Å². The van der Waals surface area contributed by atoms with E-state index in [0.717, 1.165) is 42.8 Å². The molecule has 24 heavy (non-hydrogen) atoms. The minimum absolute atomic E-state index is 0. The molecule has 7 heteroatoms. The summed E-state index contributed by atoms with van der Waals surface area (Å²) in [6.07, 6.45) is 2.98. The van der Waals surface area contributed by atoms with E-state index in [2.05, 4.69) is 27.8 Å². The number of hydrogen-bond donors (Lipinski definition) is 3. The highest BCUT2D eigenvalue weighted by molar-refractivity contribution is 6.04. The Labute approximate surface area is 147 Å². The molecule has 2 aromatic rings. The number of rotatable bonds is 6. The average molecular weight is 351 g/mol. The lowest BCUT2D eigenvalue weighted by Crippen LogP contribution is -2.25. The zero-order valence-corrected chi connectivity index (χ0v) is 14.5. The van der Waals surface area contributed by atoms with Crippen LogP contribution in [-0.2, 0) is 13.0 Å². The van der Waals surface area contributed by atoms with Crippen LogP contribution in [0.5, 0.6) is 5.75 Å². The van der Waals surface area contributed by atoms with Crippen molar-refractivity contribution in [2.24, 2.45) is 0 Å². The molecular weight excluding hydrogens is 328 g/mol. The number of ether oxygens (including phenoxy) is 1. The molecule has 0 bridgehead atoms. The Morgan fingerprint density at radius 1 is 1.42 bits per heavy atom. The minimum Gasteiger partial charge on any atom is -0.494 e. The van der Waals surface area contributed by atoms with E-state index in [1.54, 1.807) is 0 Å². The quantitative estimate of drug-likeness (QED) is 0.700. The molecular formula is C17H23ClN4O2. The molecule has 0 atom stereocenters. The molecule has 1 amide bonds. The van der Waals surface area contributed by atoms with Gasteiger partial charge in [0.2, 0.25) is 0 Å². The van der Waals surface area contributed by atoms with Gasteiger partial charge in [0.05, 0.1) is 6.61 Å². The van der Waals surface area contributed by atoms with Gasteiger partial charge in [0, 0.05) is 42.5 Å². The molecule has 1 aliphatic heterocycles. The van der Waals surface area contributed by atoms with E-state index < -0.39 is 0 Å². The van der Waals surface area contributed by atoms with Crippen LogP contribution in [0.1, 0.15) is 41.5 Å². The van der Waals surface area contributed by atoms with Crippen molar-refractivity contribution in [2.75, 3.05) is 18.5 Å². The van der Waals surface area contributed by atoms with Gasteiger partial charge in [0.25, 0.3) is 5.91 Å². The van der Waals surface area contributed by atoms with Crippen LogP contribution >= 0.6 is 12.4 Å². The summed E-state index contributed by atoms with van der Waals surface area (Å²) >= 11 is 0. The largest absolute Gasteiger partial charge is 0.494 e. The van der Waals surface area contributed by atoms with E-state index in [0.29, 0.717) is 24.5 Å². The molecule has 3 N–H and O–H groups in total. The lowest BCUT2D eigenvalue weighted by atomic mass is 10.1. The van der Waals surface area contributed by atoms with Gasteiger partial charge in [-0.05, 0) is 18.6 Å². The summed E-state index contributed by atoms with van der Waals surface area (Å²) in [5.41, 5.74) is 3.18. The minimum atomic E-state index is -0.197. The molecule has 0 spiro atoms. The fourth-order valence-corrected chi connectivity index (χ4v) is 2.60. The van der Waals surface area contributed by atoms with E-state index >= 15 is 0 Å². The Bertz CT molecular complexity index is 687. The van der Waals surface area contributed by atoms with Gasteiger partial charge in [-0.2, -0.15) is 5.10 Å². The predicted octanol–water partition coefficient (Wildman–Crippen LogP) is 2.91. The third kappa shape index (κ3) is 4.27. The SMILES string of the molecule is CCCCOc1cccc(NC(=O)c2n[nH]c3c2CNCC3)c1.Cl. The summed E-state index contributed by atoms with van der Waals surface area (Å²) in [6, 6.07) is 7.46. The lowest BCUT2D eigenvalue weighted by Gasteiger charge is -2.13. The first-order valence-electron chi connectivity index (χ1n) is 8.09. The second-order valence-electron chi connectivity index (χ2n) is 5.64. The van der Waals surface area contributed by atoms with Crippen LogP contribution in [0.2, 0.25) is 0 Å². The van der Waals surface area contributed by atoms with Crippen molar-refractivity contribution < 1.29 is 9.53 Å². The van der Waals surface area contributed by atoms with Crippen molar-refractivity contribution >= 4 is 24.0 Å². The second kappa shape index (κ2) is 8.70. The lowest BCUT2D eigenvalue weighted by molar-refractivity contribution is 0.102. The van der Waals surface area contributed by atoms with Crippen LogP contribution in [0.4, 0.5) is 5.69 Å². The second-order valence-corrected chi connectivity index (χ2v) is 5.64. The standard InChI is InChI=1S/C17H22N4O2.ClH/c1-2-3-9-23-13-6-4-5-12(10-13)19-17(22)16-14-11-18-8-7-15(14)20-21-16;/h4-6,10,18H,2-3,7-9,11H2,1H3,(H,19,22)(H,20,21);1H. The summed E-state index contributed by atoms with van der Waals surface area (Å²) in [4.78, 5) is 12.5. The number of hydrogen-bond acceptors (Lipinski definition) is 4. The number of nitrogens with one attached hydrogen (secondary N) is 3. The van der Waals surface area contributed by atoms with Crippen LogP contribution in [0.25, 0.3) is 0 Å². The Kier molecular flexibility index (Phi) is 6.63. The number of unbranched alkanes of at least 4 members (excludes halogenated alkanes) is 1. The zero-order chi connectivity index (χ0) is 16.1. The van der Waals surface area contributed by atoms with Gasteiger partial charge >= 0.3 is 0 Å². The van der Waals surface area contributed by atoms with E-state index in [1.165, 1.54) is 0 Å². The van der Waals surface area contributed by atoms with Gasteiger partial charge in [-0.3, -0.25) is 9.89 Å². The normalized spacial score (nSPS) is 12.9. The number of anilines is 1. The zero-order valence-electron chi connectivity index (χ0n) is 13.7. The van der Waals surface area contributed by atoms with Gasteiger partial charge in [-0.25, -0.2) is 0 Å². The number of carbonyl (C=O) groups excluding carboxylic acids is 1. The molecule has 0 saturated heterocycles. The summed E-state index contributed by atoms with van der Waals surface area (Å²) in [5, 5.41) is 13.3. The summed E-state index contributed by atoms with van der Waals surface area (Å²) in [6.45, 7) is 4.40. The third-order valence-corrected chi connectivity index (χ3v) is 3.88. The number of aromatic amines is 1. The molecule has 0 saturated carbocycles. The van der Waals surface area contributed by atoms with E-state index in [9.17, 15) is 4.79 Å². The summed E-state index contributed by atoms with van der Waals surface area (Å²) in [5.74, 6) is 0.568. The molecule has 1 aromatic carbocycles. The predicted molar refractivity (Wildman–Crippen MR) is 96.0 cm³/mol. The van der Waals surface area contributed by atoms with Crippen molar-refractivity contribution in [3.8, 4) is 5.75 Å². The molecule has 2 heterocycles. The van der Waals surface area contributed by atoms with Crippen LogP contribution in [0, 0.1) is 0 Å². The van der Waals surface area contributed by atoms with Gasteiger partial charge in [0.1, 0.15) is 5.75 Å². The van der Waals surface area contributed by atoms with Crippen LogP contribution in [0.3, 0.4) is 0 Å². The Morgan fingerprint density at radius 3 is 3.12 bits per heavy atom. The number of H-pyrrole nitrogens is 1. The molecule has 0 fully saturated rings. The summed E-state index contributed by atoms with van der Waals surface area (Å²) in [7, 11) is 0. The van der Waals surface area contributed by atoms with Crippen molar-refractivity contribution in [3.05, 3.63) is 41.2 Å². The van der Waals surface area contributed by atoms with Crippen LogP contribution in [0.15, 0.2) is 24.3 Å². The number of nitrogens with zero attached hydrogens (tertiary/aromatic N) is 1. The number of carbonyl (C=O) groups is 1. The highest BCUT2D eigenvalue weighted by Gasteiger charge is 2.21. The number of amides is 1. The Balaban J connectivity index is 0.00000208. The van der Waals surface area contributed by atoms with Crippen molar-refractivity contribution in [1.82, 2.24) is 15.5 Å². The van der Waals surface area contributed by atoms with Crippen molar-refractivity contribution in [1.29, 1.82) is 0 Å². The highest BCUT2D eigenvalue weighted by atomic mass is 35.5. The van der Waals surface area contributed by atoms with Crippen molar-refractivity contribution in [2.45, 2.75) is 32.7 Å². The van der Waals surface area contributed by atoms with E-state index in [-0.39, 0.29) is 18.3 Å². The fourth-order valence-electron chi connectivity index (χ4n) is 2.60.